The number of rotatable bonds is 2. The maximum absolute atomic E-state index is 12.9. The molecule has 4 nitrogen and oxygen atoms in total. The summed E-state index contributed by atoms with van der Waals surface area (Å²) in [7, 11) is 0. The number of nitrogens with zero attached hydrogens (tertiary/aromatic N) is 3. The molecule has 0 saturated heterocycles. The zero-order valence-corrected chi connectivity index (χ0v) is 12.2. The molecule has 2 heterocycles. The third kappa shape index (κ3) is 2.54. The minimum absolute atomic E-state index is 0.502. The van der Waals surface area contributed by atoms with Crippen LogP contribution >= 0.6 is 0 Å². The van der Waals surface area contributed by atoms with Crippen molar-refractivity contribution in [2.24, 2.45) is 0 Å². The molecule has 7 heteroatoms. The Hall–Kier alpha value is -3.09. The molecular weight excluding hydrogens is 317 g/mol. The highest BCUT2D eigenvalue weighted by atomic mass is 19.4. The zero-order valence-electron chi connectivity index (χ0n) is 12.2. The van der Waals surface area contributed by atoms with Crippen molar-refractivity contribution in [3.8, 4) is 17.1 Å². The minimum Gasteiger partial charge on any atom is -0.322 e. The van der Waals surface area contributed by atoms with Crippen LogP contribution in [0.1, 0.15) is 5.56 Å². The van der Waals surface area contributed by atoms with Gasteiger partial charge in [-0.25, -0.2) is 9.67 Å². The van der Waals surface area contributed by atoms with Gasteiger partial charge >= 0.3 is 6.18 Å². The average molecular weight is 328 g/mol. The number of aromatic nitrogens is 4. The van der Waals surface area contributed by atoms with E-state index in [1.54, 1.807) is 47.4 Å². The number of nitrogens with one attached hydrogen (secondary N) is 1. The molecule has 120 valence electrons. The Bertz CT molecular complexity index is 1000. The second-order valence-electron chi connectivity index (χ2n) is 5.32. The highest BCUT2D eigenvalue weighted by Crippen LogP contribution is 2.32. The van der Waals surface area contributed by atoms with Gasteiger partial charge in [-0.2, -0.15) is 18.3 Å². The number of hydrogen-bond donors (Lipinski definition) is 1. The van der Waals surface area contributed by atoms with Gasteiger partial charge in [0.15, 0.2) is 0 Å². The molecule has 1 N–H and O–H groups in total. The molecule has 0 aliphatic heterocycles. The molecule has 0 atom stereocenters. The number of H-pyrrole nitrogens is 1. The number of halogens is 3. The van der Waals surface area contributed by atoms with E-state index in [1.165, 1.54) is 6.07 Å². The van der Waals surface area contributed by atoms with Gasteiger partial charge in [-0.1, -0.05) is 18.2 Å². The van der Waals surface area contributed by atoms with Crippen molar-refractivity contribution >= 4 is 11.0 Å². The molecule has 0 fully saturated rings. The van der Waals surface area contributed by atoms with E-state index in [4.69, 9.17) is 0 Å². The second kappa shape index (κ2) is 5.23. The highest BCUT2D eigenvalue weighted by molar-refractivity contribution is 5.82. The third-order valence-corrected chi connectivity index (χ3v) is 3.71. The normalized spacial score (nSPS) is 12.0. The first kappa shape index (κ1) is 14.5. The summed E-state index contributed by atoms with van der Waals surface area (Å²) in [6.45, 7) is 0. The molecule has 0 aliphatic carbocycles. The van der Waals surface area contributed by atoms with Gasteiger partial charge in [0.25, 0.3) is 0 Å². The lowest BCUT2D eigenvalue weighted by Gasteiger charge is -2.08. The fraction of sp³-hybridized carbons (Fsp3) is 0.0588. The van der Waals surface area contributed by atoms with Crippen LogP contribution in [0, 0.1) is 0 Å². The molecule has 4 aromatic rings. The van der Waals surface area contributed by atoms with Gasteiger partial charge in [-0.05, 0) is 41.5 Å². The summed E-state index contributed by atoms with van der Waals surface area (Å²) < 4.78 is 40.2. The van der Waals surface area contributed by atoms with E-state index >= 15 is 0 Å². The minimum atomic E-state index is -4.36. The lowest BCUT2D eigenvalue weighted by molar-refractivity contribution is -0.137. The van der Waals surface area contributed by atoms with Gasteiger partial charge in [0.2, 0.25) is 5.95 Å². The van der Waals surface area contributed by atoms with Crippen LogP contribution in [0.25, 0.3) is 28.1 Å². The van der Waals surface area contributed by atoms with Gasteiger partial charge in [0.05, 0.1) is 16.6 Å². The van der Waals surface area contributed by atoms with Gasteiger partial charge in [-0.15, -0.1) is 0 Å². The Morgan fingerprint density at radius 1 is 0.958 bits per heavy atom. The van der Waals surface area contributed by atoms with Crippen molar-refractivity contribution in [1.29, 1.82) is 0 Å². The van der Waals surface area contributed by atoms with Gasteiger partial charge in [-0.3, -0.25) is 0 Å². The zero-order chi connectivity index (χ0) is 16.7. The van der Waals surface area contributed by atoms with Crippen LogP contribution in [0.4, 0.5) is 13.2 Å². The van der Waals surface area contributed by atoms with Gasteiger partial charge in [0.1, 0.15) is 0 Å². The highest BCUT2D eigenvalue weighted by Gasteiger charge is 2.30. The summed E-state index contributed by atoms with van der Waals surface area (Å²) in [6.07, 6.45) is -0.964. The fourth-order valence-electron chi connectivity index (χ4n) is 2.55. The Morgan fingerprint density at radius 3 is 2.54 bits per heavy atom. The fourth-order valence-corrected chi connectivity index (χ4v) is 2.55. The van der Waals surface area contributed by atoms with Crippen LogP contribution < -0.4 is 0 Å². The van der Waals surface area contributed by atoms with E-state index in [0.717, 1.165) is 23.2 Å². The van der Waals surface area contributed by atoms with Crippen LogP contribution in [0.5, 0.6) is 0 Å². The summed E-state index contributed by atoms with van der Waals surface area (Å²) in [5.74, 6) is 0.552. The predicted octanol–water partition coefficient (Wildman–Crippen LogP) is 4.43. The molecule has 0 bridgehead atoms. The van der Waals surface area contributed by atoms with E-state index in [9.17, 15) is 13.2 Å². The smallest absolute Gasteiger partial charge is 0.322 e. The van der Waals surface area contributed by atoms with Gasteiger partial charge in [0, 0.05) is 12.4 Å². The third-order valence-electron chi connectivity index (χ3n) is 3.71. The second-order valence-corrected chi connectivity index (χ2v) is 5.32. The molecule has 0 unspecified atom stereocenters. The number of fused-ring (bicyclic) bond motifs is 1. The molecule has 4 rings (SSSR count). The first-order valence-corrected chi connectivity index (χ1v) is 7.18. The molecule has 2 aromatic heterocycles. The summed E-state index contributed by atoms with van der Waals surface area (Å²) in [5, 5.41) is 4.10. The molecule has 0 saturated carbocycles. The van der Waals surface area contributed by atoms with E-state index in [2.05, 4.69) is 15.1 Å². The number of hydrogen-bond acceptors (Lipinski definition) is 2. The van der Waals surface area contributed by atoms with Crippen LogP contribution in [-0.4, -0.2) is 19.7 Å². The Kier molecular flexibility index (Phi) is 3.16. The van der Waals surface area contributed by atoms with E-state index < -0.39 is 11.7 Å². The number of imidazole rings is 1. The maximum atomic E-state index is 12.9. The van der Waals surface area contributed by atoms with Gasteiger partial charge < -0.3 is 4.98 Å². The largest absolute Gasteiger partial charge is 0.416 e. The number of aromatic amines is 1. The molecule has 2 aromatic carbocycles. The Morgan fingerprint density at radius 2 is 1.79 bits per heavy atom. The maximum Gasteiger partial charge on any atom is 0.416 e. The van der Waals surface area contributed by atoms with E-state index in [1.807, 2.05) is 0 Å². The van der Waals surface area contributed by atoms with Crippen LogP contribution in [-0.2, 0) is 6.18 Å². The number of alkyl halides is 3. The van der Waals surface area contributed by atoms with Crippen LogP contribution in [0.3, 0.4) is 0 Å². The van der Waals surface area contributed by atoms with Crippen molar-refractivity contribution in [3.63, 3.8) is 0 Å². The van der Waals surface area contributed by atoms with E-state index in [0.29, 0.717) is 17.1 Å². The molecule has 0 radical (unpaired) electrons. The molecule has 24 heavy (non-hydrogen) atoms. The Balaban J connectivity index is 1.78. The molecule has 0 aliphatic rings. The molecule has 0 spiro atoms. The molecule has 0 amide bonds. The van der Waals surface area contributed by atoms with Crippen LogP contribution in [0.2, 0.25) is 0 Å². The van der Waals surface area contributed by atoms with Crippen molar-refractivity contribution in [2.45, 2.75) is 6.18 Å². The summed E-state index contributed by atoms with van der Waals surface area (Å²) >= 11 is 0. The van der Waals surface area contributed by atoms with Crippen molar-refractivity contribution in [3.05, 3.63) is 66.5 Å². The van der Waals surface area contributed by atoms with Crippen molar-refractivity contribution in [2.75, 3.05) is 0 Å². The lowest BCUT2D eigenvalue weighted by Crippen LogP contribution is -2.04. The summed E-state index contributed by atoms with van der Waals surface area (Å²) in [6, 6.07) is 12.4. The van der Waals surface area contributed by atoms with Crippen molar-refractivity contribution < 1.29 is 13.2 Å². The predicted molar refractivity (Wildman–Crippen MR) is 83.7 cm³/mol. The van der Waals surface area contributed by atoms with Crippen LogP contribution in [0.15, 0.2) is 60.9 Å². The first-order chi connectivity index (χ1) is 11.5. The van der Waals surface area contributed by atoms with Crippen molar-refractivity contribution in [1.82, 2.24) is 19.7 Å². The summed E-state index contributed by atoms with van der Waals surface area (Å²) in [5.41, 5.74) is 1.97. The Labute approximate surface area is 134 Å². The standard InChI is InChI=1S/C17H11F3N4/c18-17(19,20)13-4-1-3-11(9-13)12-5-6-14-15(10-12)23-16(22-14)24-8-2-7-21-24/h1-10H,(H,22,23). The quantitative estimate of drug-likeness (QED) is 0.591. The van der Waals surface area contributed by atoms with E-state index in [-0.39, 0.29) is 0 Å². The lowest BCUT2D eigenvalue weighted by atomic mass is 10.0. The first-order valence-electron chi connectivity index (χ1n) is 7.18. The number of benzene rings is 2. The monoisotopic (exact) mass is 328 g/mol. The molecular formula is C17H11F3N4. The topological polar surface area (TPSA) is 46.5 Å². The SMILES string of the molecule is FC(F)(F)c1cccc(-c2ccc3nc(-n4cccn4)[nH]c3c2)c1. The average Bonchev–Trinajstić information content (AvgIpc) is 3.22. The summed E-state index contributed by atoms with van der Waals surface area (Å²) in [4.78, 5) is 7.53.